The second kappa shape index (κ2) is 6.58. The van der Waals surface area contributed by atoms with Crippen LogP contribution in [0.2, 0.25) is 0 Å². The summed E-state index contributed by atoms with van der Waals surface area (Å²) in [4.78, 5) is 29.4. The molecule has 1 heterocycles. The number of rotatable bonds is 6. The van der Waals surface area contributed by atoms with E-state index in [0.717, 1.165) is 12.8 Å². The summed E-state index contributed by atoms with van der Waals surface area (Å²) in [6.07, 6.45) is 3.62. The van der Waals surface area contributed by atoms with Gasteiger partial charge in [-0.25, -0.2) is 4.98 Å². The number of aromatic nitrogens is 2. The van der Waals surface area contributed by atoms with E-state index in [-0.39, 0.29) is 22.8 Å². The summed E-state index contributed by atoms with van der Waals surface area (Å²) < 4.78 is 1.75. The minimum atomic E-state index is -0.326. The first kappa shape index (κ1) is 15.8. The Hall–Kier alpha value is -2.08. The smallest absolute Gasteiger partial charge is 0.262 e. The highest BCUT2D eigenvalue weighted by Gasteiger charge is 2.29. The summed E-state index contributed by atoms with van der Waals surface area (Å²) in [5, 5.41) is 3.70. The highest BCUT2D eigenvalue weighted by molar-refractivity contribution is 8.00. The van der Waals surface area contributed by atoms with Crippen LogP contribution in [0.4, 0.5) is 0 Å². The lowest BCUT2D eigenvalue weighted by Crippen LogP contribution is -2.32. The third-order valence-corrected chi connectivity index (χ3v) is 4.83. The Morgan fingerprint density at radius 3 is 2.96 bits per heavy atom. The molecule has 0 spiro atoms. The Morgan fingerprint density at radius 2 is 2.26 bits per heavy atom. The molecule has 1 atom stereocenters. The minimum Gasteiger partial charge on any atom is -0.352 e. The van der Waals surface area contributed by atoms with Crippen LogP contribution < -0.4 is 10.9 Å². The van der Waals surface area contributed by atoms with Crippen molar-refractivity contribution in [2.75, 3.05) is 6.54 Å². The summed E-state index contributed by atoms with van der Waals surface area (Å²) in [7, 11) is 0. The molecule has 3 rings (SSSR count). The van der Waals surface area contributed by atoms with E-state index in [2.05, 4.69) is 16.9 Å². The van der Waals surface area contributed by atoms with Crippen LogP contribution in [-0.4, -0.2) is 27.3 Å². The van der Waals surface area contributed by atoms with Crippen molar-refractivity contribution >= 4 is 28.6 Å². The quantitative estimate of drug-likeness (QED) is 0.502. The molecule has 0 bridgehead atoms. The van der Waals surface area contributed by atoms with Crippen LogP contribution in [0.3, 0.4) is 0 Å². The van der Waals surface area contributed by atoms with Crippen molar-refractivity contribution in [1.29, 1.82) is 0 Å². The first-order valence-corrected chi connectivity index (χ1v) is 8.56. The van der Waals surface area contributed by atoms with Gasteiger partial charge in [-0.3, -0.25) is 14.2 Å². The van der Waals surface area contributed by atoms with Crippen LogP contribution in [0.25, 0.3) is 10.9 Å². The summed E-state index contributed by atoms with van der Waals surface area (Å²) in [6.45, 7) is 5.84. The maximum atomic E-state index is 12.7. The number of carbonyl (C=O) groups excluding carboxylic acids is 1. The molecule has 0 radical (unpaired) electrons. The van der Waals surface area contributed by atoms with Gasteiger partial charge in [0.2, 0.25) is 5.91 Å². The molecule has 2 aromatic rings. The molecule has 5 nitrogen and oxygen atoms in total. The van der Waals surface area contributed by atoms with Crippen molar-refractivity contribution in [1.82, 2.24) is 14.9 Å². The van der Waals surface area contributed by atoms with E-state index >= 15 is 0 Å². The Labute approximate surface area is 138 Å². The lowest BCUT2D eigenvalue weighted by molar-refractivity contribution is -0.120. The number of thioether (sulfide) groups is 1. The van der Waals surface area contributed by atoms with Crippen LogP contribution in [-0.2, 0) is 4.79 Å². The van der Waals surface area contributed by atoms with E-state index in [1.807, 2.05) is 25.1 Å². The fourth-order valence-corrected chi connectivity index (χ4v) is 3.39. The Bertz CT molecular complexity index is 811. The topological polar surface area (TPSA) is 64.0 Å². The third-order valence-electron chi connectivity index (χ3n) is 3.76. The molecule has 1 saturated carbocycles. The third kappa shape index (κ3) is 3.32. The van der Waals surface area contributed by atoms with Gasteiger partial charge in [-0.05, 0) is 31.9 Å². The number of carbonyl (C=O) groups is 1. The molecule has 0 aliphatic heterocycles. The number of para-hydroxylation sites is 1. The molecular weight excluding hydrogens is 310 g/mol. The average molecular weight is 329 g/mol. The number of amides is 1. The molecule has 1 amide bonds. The van der Waals surface area contributed by atoms with E-state index in [0.29, 0.717) is 22.6 Å². The van der Waals surface area contributed by atoms with Gasteiger partial charge in [-0.15, -0.1) is 6.58 Å². The maximum Gasteiger partial charge on any atom is 0.262 e. The average Bonchev–Trinajstić information content (AvgIpc) is 3.37. The molecule has 1 aromatic carbocycles. The normalized spacial score (nSPS) is 15.3. The molecule has 1 aliphatic carbocycles. The zero-order chi connectivity index (χ0) is 16.4. The molecule has 1 fully saturated rings. The summed E-state index contributed by atoms with van der Waals surface area (Å²) >= 11 is 1.33. The van der Waals surface area contributed by atoms with Crippen molar-refractivity contribution < 1.29 is 4.79 Å². The fraction of sp³-hybridized carbons (Fsp3) is 0.353. The lowest BCUT2D eigenvalue weighted by Gasteiger charge is -2.15. The molecule has 1 aromatic heterocycles. The van der Waals surface area contributed by atoms with E-state index < -0.39 is 0 Å². The first-order chi connectivity index (χ1) is 11.1. The Morgan fingerprint density at radius 1 is 1.52 bits per heavy atom. The van der Waals surface area contributed by atoms with Crippen LogP contribution in [0, 0.1) is 0 Å². The number of fused-ring (bicyclic) bond motifs is 1. The van der Waals surface area contributed by atoms with Gasteiger partial charge in [0, 0.05) is 12.6 Å². The highest BCUT2D eigenvalue weighted by Crippen LogP contribution is 2.37. The maximum absolute atomic E-state index is 12.7. The number of benzene rings is 1. The second-order valence-corrected chi connectivity index (χ2v) is 6.92. The Balaban J connectivity index is 1.96. The van der Waals surface area contributed by atoms with Gasteiger partial charge in [-0.1, -0.05) is 30.0 Å². The van der Waals surface area contributed by atoms with Crippen LogP contribution >= 0.6 is 11.8 Å². The zero-order valence-corrected chi connectivity index (χ0v) is 13.8. The van der Waals surface area contributed by atoms with Gasteiger partial charge in [0.05, 0.1) is 16.2 Å². The number of nitrogens with zero attached hydrogens (tertiary/aromatic N) is 2. The largest absolute Gasteiger partial charge is 0.352 e. The zero-order valence-electron chi connectivity index (χ0n) is 13.0. The second-order valence-electron chi connectivity index (χ2n) is 5.61. The molecule has 120 valence electrons. The van der Waals surface area contributed by atoms with E-state index in [1.165, 1.54) is 11.8 Å². The van der Waals surface area contributed by atoms with Gasteiger partial charge >= 0.3 is 0 Å². The van der Waals surface area contributed by atoms with E-state index in [4.69, 9.17) is 0 Å². The predicted octanol–water partition coefficient (Wildman–Crippen LogP) is 2.51. The van der Waals surface area contributed by atoms with Crippen molar-refractivity contribution in [3.8, 4) is 0 Å². The van der Waals surface area contributed by atoms with E-state index in [1.54, 1.807) is 16.7 Å². The van der Waals surface area contributed by atoms with E-state index in [9.17, 15) is 9.59 Å². The monoisotopic (exact) mass is 329 g/mol. The molecule has 1 unspecified atom stereocenters. The van der Waals surface area contributed by atoms with Crippen molar-refractivity contribution in [2.45, 2.75) is 36.2 Å². The van der Waals surface area contributed by atoms with Gasteiger partial charge in [-0.2, -0.15) is 0 Å². The first-order valence-electron chi connectivity index (χ1n) is 7.68. The molecule has 23 heavy (non-hydrogen) atoms. The predicted molar refractivity (Wildman–Crippen MR) is 92.8 cm³/mol. The minimum absolute atomic E-state index is 0.0145. The summed E-state index contributed by atoms with van der Waals surface area (Å²) in [5.41, 5.74) is 0.662. The van der Waals surface area contributed by atoms with Crippen LogP contribution in [0.5, 0.6) is 0 Å². The molecule has 1 aliphatic rings. The molecule has 0 saturated heterocycles. The van der Waals surface area contributed by atoms with Gasteiger partial charge in [0.25, 0.3) is 5.56 Å². The number of hydrogen-bond donors (Lipinski definition) is 1. The summed E-state index contributed by atoms with van der Waals surface area (Å²) in [5.74, 6) is -0.0837. The standard InChI is InChI=1S/C17H19N3O2S/c1-3-10-18-15(21)11(2)23-17-19-14-7-5-4-6-13(14)16(22)20(17)12-8-9-12/h3-7,11-12H,1,8-10H2,2H3,(H,18,21). The van der Waals surface area contributed by atoms with Gasteiger partial charge < -0.3 is 5.32 Å². The van der Waals surface area contributed by atoms with Crippen molar-refractivity contribution in [3.63, 3.8) is 0 Å². The Kier molecular flexibility index (Phi) is 4.52. The molecular formula is C17H19N3O2S. The van der Waals surface area contributed by atoms with Crippen molar-refractivity contribution in [3.05, 3.63) is 47.3 Å². The highest BCUT2D eigenvalue weighted by atomic mass is 32.2. The van der Waals surface area contributed by atoms with Crippen LogP contribution in [0.1, 0.15) is 25.8 Å². The summed E-state index contributed by atoms with van der Waals surface area (Å²) in [6, 6.07) is 7.57. The SMILES string of the molecule is C=CCNC(=O)C(C)Sc1nc2ccccc2c(=O)n1C1CC1. The fourth-order valence-electron chi connectivity index (χ4n) is 2.39. The lowest BCUT2D eigenvalue weighted by atomic mass is 10.2. The van der Waals surface area contributed by atoms with Gasteiger partial charge in [0.1, 0.15) is 0 Å². The number of hydrogen-bond acceptors (Lipinski definition) is 4. The number of nitrogens with one attached hydrogen (secondary N) is 1. The van der Waals surface area contributed by atoms with Gasteiger partial charge in [0.15, 0.2) is 5.16 Å². The van der Waals surface area contributed by atoms with Crippen molar-refractivity contribution in [2.24, 2.45) is 0 Å². The molecule has 6 heteroatoms. The van der Waals surface area contributed by atoms with Crippen LogP contribution in [0.15, 0.2) is 46.9 Å². The molecule has 1 N–H and O–H groups in total.